The number of hydrogen-bond acceptors (Lipinski definition) is 2. The molecule has 2 N–H and O–H groups in total. The standard InChI is InChI=1S/C17H28N4O/c1-6-14-8-10-15(11-9-14)13(3)20-17(18-7-2)19-12-16(22)21(4)5/h8-11,13H,6-7,12H2,1-5H3,(H2,18,19,20). The molecule has 1 aromatic rings. The van der Waals surface area contributed by atoms with Crippen molar-refractivity contribution in [2.45, 2.75) is 33.2 Å². The molecule has 1 amide bonds. The zero-order chi connectivity index (χ0) is 16.5. The van der Waals surface area contributed by atoms with Gasteiger partial charge in [-0.2, -0.15) is 0 Å². The summed E-state index contributed by atoms with van der Waals surface area (Å²) in [5, 5.41) is 6.50. The van der Waals surface area contributed by atoms with Crippen LogP contribution in [-0.4, -0.2) is 44.0 Å². The topological polar surface area (TPSA) is 56.7 Å². The summed E-state index contributed by atoms with van der Waals surface area (Å²) < 4.78 is 0. The van der Waals surface area contributed by atoms with Gasteiger partial charge in [0.1, 0.15) is 6.54 Å². The van der Waals surface area contributed by atoms with Crippen molar-refractivity contribution in [3.63, 3.8) is 0 Å². The predicted molar refractivity (Wildman–Crippen MR) is 92.0 cm³/mol. The second-order valence-electron chi connectivity index (χ2n) is 5.44. The molecule has 0 aromatic heterocycles. The van der Waals surface area contributed by atoms with Crippen LogP contribution in [0.25, 0.3) is 0 Å². The van der Waals surface area contributed by atoms with Crippen molar-refractivity contribution >= 4 is 11.9 Å². The molecule has 0 heterocycles. The molecule has 22 heavy (non-hydrogen) atoms. The first-order valence-corrected chi connectivity index (χ1v) is 7.81. The molecule has 1 atom stereocenters. The van der Waals surface area contributed by atoms with Crippen LogP contribution in [0.4, 0.5) is 0 Å². The molecule has 1 unspecified atom stereocenters. The van der Waals surface area contributed by atoms with Crippen LogP contribution in [0.5, 0.6) is 0 Å². The minimum Gasteiger partial charge on any atom is -0.357 e. The quantitative estimate of drug-likeness (QED) is 0.624. The average Bonchev–Trinajstić information content (AvgIpc) is 2.52. The van der Waals surface area contributed by atoms with E-state index in [1.54, 1.807) is 19.0 Å². The van der Waals surface area contributed by atoms with Gasteiger partial charge in [-0.05, 0) is 31.4 Å². The molecule has 0 aliphatic carbocycles. The molecule has 0 spiro atoms. The number of nitrogens with zero attached hydrogens (tertiary/aromatic N) is 2. The lowest BCUT2D eigenvalue weighted by molar-refractivity contribution is -0.127. The van der Waals surface area contributed by atoms with Crippen molar-refractivity contribution in [3.05, 3.63) is 35.4 Å². The number of carbonyl (C=O) groups excluding carboxylic acids is 1. The number of rotatable bonds is 6. The molecule has 0 aliphatic rings. The highest BCUT2D eigenvalue weighted by Gasteiger charge is 2.09. The molecular weight excluding hydrogens is 276 g/mol. The smallest absolute Gasteiger partial charge is 0.243 e. The Bertz CT molecular complexity index is 494. The van der Waals surface area contributed by atoms with Gasteiger partial charge in [-0.15, -0.1) is 0 Å². The first-order chi connectivity index (χ1) is 10.5. The molecule has 0 saturated carbocycles. The summed E-state index contributed by atoms with van der Waals surface area (Å²) in [6, 6.07) is 8.68. The van der Waals surface area contributed by atoms with Gasteiger partial charge in [0.15, 0.2) is 5.96 Å². The third-order valence-electron chi connectivity index (χ3n) is 3.46. The number of likely N-dealkylation sites (N-methyl/N-ethyl adjacent to an activating group) is 1. The molecule has 5 nitrogen and oxygen atoms in total. The largest absolute Gasteiger partial charge is 0.357 e. The number of aryl methyl sites for hydroxylation is 1. The highest BCUT2D eigenvalue weighted by molar-refractivity contribution is 5.84. The van der Waals surface area contributed by atoms with Gasteiger partial charge >= 0.3 is 0 Å². The maximum absolute atomic E-state index is 11.6. The zero-order valence-electron chi connectivity index (χ0n) is 14.3. The third kappa shape index (κ3) is 5.76. The van der Waals surface area contributed by atoms with E-state index in [9.17, 15) is 4.79 Å². The fourth-order valence-electron chi connectivity index (χ4n) is 1.94. The van der Waals surface area contributed by atoms with Gasteiger partial charge in [0.05, 0.1) is 6.04 Å². The van der Waals surface area contributed by atoms with Gasteiger partial charge in [0, 0.05) is 20.6 Å². The second-order valence-corrected chi connectivity index (χ2v) is 5.44. The van der Waals surface area contributed by atoms with E-state index >= 15 is 0 Å². The minimum absolute atomic E-state index is 0.0165. The van der Waals surface area contributed by atoms with Gasteiger partial charge in [-0.1, -0.05) is 31.2 Å². The predicted octanol–water partition coefficient (Wildman–Crippen LogP) is 1.95. The third-order valence-corrected chi connectivity index (χ3v) is 3.46. The van der Waals surface area contributed by atoms with Gasteiger partial charge < -0.3 is 15.5 Å². The maximum Gasteiger partial charge on any atom is 0.243 e. The Morgan fingerprint density at radius 1 is 1.23 bits per heavy atom. The molecule has 0 aliphatic heterocycles. The van der Waals surface area contributed by atoms with E-state index in [1.165, 1.54) is 11.1 Å². The fourth-order valence-corrected chi connectivity index (χ4v) is 1.94. The Morgan fingerprint density at radius 3 is 2.36 bits per heavy atom. The summed E-state index contributed by atoms with van der Waals surface area (Å²) in [7, 11) is 3.46. The van der Waals surface area contributed by atoms with Gasteiger partial charge in [-0.3, -0.25) is 4.79 Å². The summed E-state index contributed by atoms with van der Waals surface area (Å²) in [5.41, 5.74) is 2.52. The van der Waals surface area contributed by atoms with E-state index in [0.717, 1.165) is 13.0 Å². The van der Waals surface area contributed by atoms with E-state index < -0.39 is 0 Å². The Hall–Kier alpha value is -2.04. The molecule has 0 radical (unpaired) electrons. The molecule has 0 saturated heterocycles. The van der Waals surface area contributed by atoms with E-state index in [1.807, 2.05) is 6.92 Å². The zero-order valence-corrected chi connectivity index (χ0v) is 14.3. The lowest BCUT2D eigenvalue weighted by atomic mass is 10.1. The monoisotopic (exact) mass is 304 g/mol. The van der Waals surface area contributed by atoms with Gasteiger partial charge in [0.2, 0.25) is 5.91 Å². The summed E-state index contributed by atoms with van der Waals surface area (Å²) >= 11 is 0. The van der Waals surface area contributed by atoms with E-state index in [-0.39, 0.29) is 18.5 Å². The number of carbonyl (C=O) groups is 1. The van der Waals surface area contributed by atoms with Crippen molar-refractivity contribution in [1.82, 2.24) is 15.5 Å². The van der Waals surface area contributed by atoms with Crippen molar-refractivity contribution in [2.24, 2.45) is 4.99 Å². The lowest BCUT2D eigenvalue weighted by Gasteiger charge is -2.18. The lowest BCUT2D eigenvalue weighted by Crippen LogP contribution is -2.39. The molecule has 1 aromatic carbocycles. The van der Waals surface area contributed by atoms with Gasteiger partial charge in [0.25, 0.3) is 0 Å². The summed E-state index contributed by atoms with van der Waals surface area (Å²) in [4.78, 5) is 17.5. The maximum atomic E-state index is 11.6. The van der Waals surface area contributed by atoms with Crippen LogP contribution in [0, 0.1) is 0 Å². The molecule has 1 rings (SSSR count). The number of aliphatic imine (C=N–C) groups is 1. The normalized spacial score (nSPS) is 12.7. The second kappa shape index (κ2) is 9.07. The van der Waals surface area contributed by atoms with Crippen molar-refractivity contribution in [3.8, 4) is 0 Å². The van der Waals surface area contributed by atoms with Crippen LogP contribution in [0.1, 0.15) is 37.9 Å². The summed E-state index contributed by atoms with van der Waals surface area (Å²) in [6.45, 7) is 7.13. The molecule has 122 valence electrons. The Kier molecular flexibility index (Phi) is 7.43. The van der Waals surface area contributed by atoms with Crippen molar-refractivity contribution < 1.29 is 4.79 Å². The molecule has 0 fully saturated rings. The highest BCUT2D eigenvalue weighted by Crippen LogP contribution is 2.13. The number of hydrogen-bond donors (Lipinski definition) is 2. The van der Waals surface area contributed by atoms with Crippen LogP contribution in [0.3, 0.4) is 0 Å². The number of guanidine groups is 1. The van der Waals surface area contributed by atoms with Crippen molar-refractivity contribution in [1.29, 1.82) is 0 Å². The van der Waals surface area contributed by atoms with E-state index in [4.69, 9.17) is 0 Å². The van der Waals surface area contributed by atoms with Crippen LogP contribution in [0.15, 0.2) is 29.3 Å². The Labute approximate surface area is 133 Å². The minimum atomic E-state index is -0.0165. The van der Waals surface area contributed by atoms with Crippen LogP contribution in [-0.2, 0) is 11.2 Å². The summed E-state index contributed by atoms with van der Waals surface area (Å²) in [6.07, 6.45) is 1.04. The number of benzene rings is 1. The van der Waals surface area contributed by atoms with E-state index in [0.29, 0.717) is 5.96 Å². The molecular formula is C17H28N4O. The first-order valence-electron chi connectivity index (χ1n) is 7.81. The van der Waals surface area contributed by atoms with Crippen LogP contribution >= 0.6 is 0 Å². The first kappa shape index (κ1) is 18.0. The average molecular weight is 304 g/mol. The number of nitrogens with one attached hydrogen (secondary N) is 2. The molecule has 0 bridgehead atoms. The van der Waals surface area contributed by atoms with E-state index in [2.05, 4.69) is 53.7 Å². The van der Waals surface area contributed by atoms with Gasteiger partial charge in [-0.25, -0.2) is 4.99 Å². The Morgan fingerprint density at radius 2 is 1.86 bits per heavy atom. The van der Waals surface area contributed by atoms with Crippen LogP contribution in [0.2, 0.25) is 0 Å². The van der Waals surface area contributed by atoms with Crippen molar-refractivity contribution in [2.75, 3.05) is 27.2 Å². The molecule has 5 heteroatoms. The fraction of sp³-hybridized carbons (Fsp3) is 0.529. The SMILES string of the molecule is CCNC(=NCC(=O)N(C)C)NC(C)c1ccc(CC)cc1. The van der Waals surface area contributed by atoms with Crippen LogP contribution < -0.4 is 10.6 Å². The number of amides is 1. The highest BCUT2D eigenvalue weighted by atomic mass is 16.2. The summed E-state index contributed by atoms with van der Waals surface area (Å²) in [5.74, 6) is 0.641. The Balaban J connectivity index is 2.71.